The van der Waals surface area contributed by atoms with Gasteiger partial charge in [0.2, 0.25) is 0 Å². The molecule has 0 atom stereocenters. The molecule has 2 nitrogen and oxygen atoms in total. The third-order valence-corrected chi connectivity index (χ3v) is 4.06. The Kier molecular flexibility index (Phi) is 2.20. The Bertz CT molecular complexity index is 373. The summed E-state index contributed by atoms with van der Waals surface area (Å²) in [6, 6.07) is 0. The molecule has 1 aromatic rings. The van der Waals surface area contributed by atoms with Gasteiger partial charge in [0.15, 0.2) is 0 Å². The lowest BCUT2D eigenvalue weighted by atomic mass is 9.96. The third-order valence-electron chi connectivity index (χ3n) is 3.41. The molecule has 0 amide bonds. The van der Waals surface area contributed by atoms with Crippen LogP contribution in [-0.2, 0) is 6.54 Å². The predicted octanol–water partition coefficient (Wildman–Crippen LogP) is 2.98. The molecule has 1 saturated carbocycles. The summed E-state index contributed by atoms with van der Waals surface area (Å²) in [5.41, 5.74) is 1.70. The van der Waals surface area contributed by atoms with E-state index in [9.17, 15) is 0 Å². The lowest BCUT2D eigenvalue weighted by molar-refractivity contribution is 0.0739. The Morgan fingerprint density at radius 1 is 1.20 bits per heavy atom. The van der Waals surface area contributed by atoms with Crippen LogP contribution in [0.25, 0.3) is 0 Å². The largest absolute Gasteiger partial charge is 0.298 e. The highest BCUT2D eigenvalue weighted by atomic mass is 35.5. The van der Waals surface area contributed by atoms with Gasteiger partial charge in [0.05, 0.1) is 10.0 Å². The van der Waals surface area contributed by atoms with Crippen molar-refractivity contribution in [3.05, 3.63) is 28.0 Å². The number of nitrogens with zero attached hydrogens (tertiary/aromatic N) is 2. The van der Waals surface area contributed by atoms with Gasteiger partial charge in [-0.05, 0) is 18.3 Å². The minimum absolute atomic E-state index is 0.680. The van der Waals surface area contributed by atoms with E-state index < -0.39 is 0 Å². The molecular formula is C11H12Cl2N2. The van der Waals surface area contributed by atoms with E-state index in [0.29, 0.717) is 15.5 Å². The zero-order valence-corrected chi connectivity index (χ0v) is 9.85. The van der Waals surface area contributed by atoms with Crippen molar-refractivity contribution in [1.82, 2.24) is 9.88 Å². The summed E-state index contributed by atoms with van der Waals surface area (Å²) in [5, 5.41) is 1.36. The number of likely N-dealkylation sites (tertiary alicyclic amines) is 1. The fraction of sp³-hybridized carbons (Fsp3) is 0.545. The SMILES string of the molecule is Clc1cncc(Cl)c1CN1CC2(CC2)C1. The first-order valence-electron chi connectivity index (χ1n) is 5.19. The minimum atomic E-state index is 0.680. The normalized spacial score (nSPS) is 22.8. The van der Waals surface area contributed by atoms with Crippen LogP contribution in [0.2, 0.25) is 10.0 Å². The molecule has 0 aromatic carbocycles. The van der Waals surface area contributed by atoms with Gasteiger partial charge in [-0.3, -0.25) is 9.88 Å². The molecule has 2 aliphatic rings. The summed E-state index contributed by atoms with van der Waals surface area (Å²) < 4.78 is 0. The molecule has 0 radical (unpaired) electrons. The first-order valence-corrected chi connectivity index (χ1v) is 5.94. The molecule has 2 heterocycles. The van der Waals surface area contributed by atoms with Crippen molar-refractivity contribution in [1.29, 1.82) is 0 Å². The van der Waals surface area contributed by atoms with E-state index >= 15 is 0 Å². The summed E-state index contributed by atoms with van der Waals surface area (Å²) in [7, 11) is 0. The Morgan fingerprint density at radius 3 is 2.33 bits per heavy atom. The number of hydrogen-bond donors (Lipinski definition) is 0. The number of halogens is 2. The molecular weight excluding hydrogens is 231 g/mol. The fourth-order valence-electron chi connectivity index (χ4n) is 2.32. The lowest BCUT2D eigenvalue weighted by Crippen LogP contribution is -2.47. The van der Waals surface area contributed by atoms with Gasteiger partial charge in [-0.1, -0.05) is 23.2 Å². The van der Waals surface area contributed by atoms with E-state index in [2.05, 4.69) is 9.88 Å². The highest BCUT2D eigenvalue weighted by molar-refractivity contribution is 6.35. The molecule has 2 fully saturated rings. The summed E-state index contributed by atoms with van der Waals surface area (Å²) >= 11 is 12.1. The number of aromatic nitrogens is 1. The average molecular weight is 243 g/mol. The zero-order chi connectivity index (χ0) is 10.5. The second kappa shape index (κ2) is 3.34. The van der Waals surface area contributed by atoms with Gasteiger partial charge in [0.25, 0.3) is 0 Å². The predicted molar refractivity (Wildman–Crippen MR) is 61.2 cm³/mol. The highest BCUT2D eigenvalue weighted by Crippen LogP contribution is 2.53. The molecule has 1 spiro atoms. The van der Waals surface area contributed by atoms with Crippen molar-refractivity contribution in [2.24, 2.45) is 5.41 Å². The van der Waals surface area contributed by atoms with Gasteiger partial charge in [-0.15, -0.1) is 0 Å². The van der Waals surface area contributed by atoms with Crippen LogP contribution in [0, 0.1) is 5.41 Å². The smallest absolute Gasteiger partial charge is 0.0649 e. The number of hydrogen-bond acceptors (Lipinski definition) is 2. The maximum atomic E-state index is 6.07. The second-order valence-electron chi connectivity index (χ2n) is 4.73. The molecule has 1 aliphatic carbocycles. The standard InChI is InChI=1S/C11H12Cl2N2/c12-9-3-14-4-10(13)8(9)5-15-6-11(7-15)1-2-11/h3-4H,1-2,5-7H2. The van der Waals surface area contributed by atoms with E-state index in [1.54, 1.807) is 12.4 Å². The Morgan fingerprint density at radius 2 is 1.80 bits per heavy atom. The van der Waals surface area contributed by atoms with Crippen LogP contribution in [0.1, 0.15) is 18.4 Å². The first kappa shape index (κ1) is 9.88. The summed E-state index contributed by atoms with van der Waals surface area (Å²) in [6.07, 6.45) is 6.13. The molecule has 3 rings (SSSR count). The van der Waals surface area contributed by atoms with Crippen LogP contribution < -0.4 is 0 Å². The van der Waals surface area contributed by atoms with E-state index in [4.69, 9.17) is 23.2 Å². The summed E-state index contributed by atoms with van der Waals surface area (Å²) in [4.78, 5) is 6.36. The van der Waals surface area contributed by atoms with Gasteiger partial charge in [-0.2, -0.15) is 0 Å². The van der Waals surface area contributed by atoms with Crippen molar-refractivity contribution >= 4 is 23.2 Å². The van der Waals surface area contributed by atoms with Crippen LogP contribution in [0.15, 0.2) is 12.4 Å². The molecule has 80 valence electrons. The van der Waals surface area contributed by atoms with E-state index in [1.807, 2.05) is 0 Å². The van der Waals surface area contributed by atoms with E-state index in [0.717, 1.165) is 12.1 Å². The van der Waals surface area contributed by atoms with Crippen molar-refractivity contribution in [2.75, 3.05) is 13.1 Å². The molecule has 0 bridgehead atoms. The van der Waals surface area contributed by atoms with Crippen molar-refractivity contribution < 1.29 is 0 Å². The van der Waals surface area contributed by atoms with Gasteiger partial charge in [-0.25, -0.2) is 0 Å². The lowest BCUT2D eigenvalue weighted by Gasteiger charge is -2.40. The Hall–Kier alpha value is -0.310. The number of rotatable bonds is 2. The molecule has 0 unspecified atom stereocenters. The van der Waals surface area contributed by atoms with Crippen LogP contribution in [0.5, 0.6) is 0 Å². The zero-order valence-electron chi connectivity index (χ0n) is 8.34. The molecule has 1 aliphatic heterocycles. The fourth-order valence-corrected chi connectivity index (χ4v) is 2.80. The average Bonchev–Trinajstić information content (AvgIpc) is 2.90. The Labute approximate surface area is 99.2 Å². The molecule has 1 aromatic heterocycles. The second-order valence-corrected chi connectivity index (χ2v) is 5.54. The van der Waals surface area contributed by atoms with Crippen LogP contribution >= 0.6 is 23.2 Å². The molecule has 0 N–H and O–H groups in total. The topological polar surface area (TPSA) is 16.1 Å². The monoisotopic (exact) mass is 242 g/mol. The maximum absolute atomic E-state index is 6.07. The van der Waals surface area contributed by atoms with E-state index in [1.165, 1.54) is 25.9 Å². The quantitative estimate of drug-likeness (QED) is 0.793. The minimum Gasteiger partial charge on any atom is -0.298 e. The molecule has 15 heavy (non-hydrogen) atoms. The summed E-state index contributed by atoms with van der Waals surface area (Å²) in [6.45, 7) is 3.28. The van der Waals surface area contributed by atoms with Gasteiger partial charge in [0, 0.05) is 37.6 Å². The van der Waals surface area contributed by atoms with Crippen LogP contribution in [-0.4, -0.2) is 23.0 Å². The maximum Gasteiger partial charge on any atom is 0.0649 e. The first-order chi connectivity index (χ1) is 7.19. The number of pyridine rings is 1. The highest BCUT2D eigenvalue weighted by Gasteiger charge is 2.51. The van der Waals surface area contributed by atoms with Crippen LogP contribution in [0.4, 0.5) is 0 Å². The molecule has 4 heteroatoms. The van der Waals surface area contributed by atoms with Crippen molar-refractivity contribution in [3.63, 3.8) is 0 Å². The Balaban J connectivity index is 1.71. The van der Waals surface area contributed by atoms with Crippen molar-refractivity contribution in [2.45, 2.75) is 19.4 Å². The van der Waals surface area contributed by atoms with Gasteiger partial charge < -0.3 is 0 Å². The van der Waals surface area contributed by atoms with Gasteiger partial charge >= 0.3 is 0 Å². The van der Waals surface area contributed by atoms with E-state index in [-0.39, 0.29) is 0 Å². The van der Waals surface area contributed by atoms with Crippen LogP contribution in [0.3, 0.4) is 0 Å². The molecule has 1 saturated heterocycles. The van der Waals surface area contributed by atoms with Gasteiger partial charge in [0.1, 0.15) is 0 Å². The summed E-state index contributed by atoms with van der Waals surface area (Å²) in [5.74, 6) is 0. The van der Waals surface area contributed by atoms with Crippen molar-refractivity contribution in [3.8, 4) is 0 Å². The third kappa shape index (κ3) is 1.75.